The highest BCUT2D eigenvalue weighted by molar-refractivity contribution is 7.18. The number of aryl methyl sites for hydroxylation is 2. The van der Waals surface area contributed by atoms with Gasteiger partial charge in [-0.05, 0) is 32.3 Å². The second-order valence-corrected chi connectivity index (χ2v) is 7.92. The lowest BCUT2D eigenvalue weighted by molar-refractivity contribution is -0.137. The molecule has 0 radical (unpaired) electrons. The SMILES string of the molecule is CCc1cc2c(NCCCCCCCCCCC(=O)O)nc(C)nc2s1. The Morgan fingerprint density at radius 3 is 2.38 bits per heavy atom. The molecule has 0 saturated carbocycles. The molecule has 0 saturated heterocycles. The van der Waals surface area contributed by atoms with Gasteiger partial charge in [-0.1, -0.05) is 45.4 Å². The van der Waals surface area contributed by atoms with Crippen molar-refractivity contribution in [2.45, 2.75) is 78.1 Å². The first-order valence-corrected chi connectivity index (χ1v) is 10.6. The average Bonchev–Trinajstić information content (AvgIpc) is 3.02. The van der Waals surface area contributed by atoms with Crippen LogP contribution in [0.4, 0.5) is 5.82 Å². The van der Waals surface area contributed by atoms with Crippen LogP contribution in [-0.4, -0.2) is 27.6 Å². The maximum atomic E-state index is 10.4. The maximum Gasteiger partial charge on any atom is 0.303 e. The Bertz CT molecular complexity index is 700. The standard InChI is InChI=1S/C20H31N3O2S/c1-3-16-14-17-19(22-15(2)23-20(17)26-16)21-13-11-9-7-5-4-6-8-10-12-18(24)25/h14H,3-13H2,1-2H3,(H,24,25)(H,21,22,23). The van der Waals surface area contributed by atoms with Crippen LogP contribution in [-0.2, 0) is 11.2 Å². The Hall–Kier alpha value is -1.69. The van der Waals surface area contributed by atoms with Crippen LogP contribution < -0.4 is 5.32 Å². The molecule has 2 aromatic heterocycles. The highest BCUT2D eigenvalue weighted by Gasteiger charge is 2.09. The van der Waals surface area contributed by atoms with Crippen molar-refractivity contribution in [1.82, 2.24) is 9.97 Å². The van der Waals surface area contributed by atoms with E-state index in [2.05, 4.69) is 28.3 Å². The van der Waals surface area contributed by atoms with Crippen molar-refractivity contribution >= 4 is 33.3 Å². The monoisotopic (exact) mass is 377 g/mol. The number of aromatic nitrogens is 2. The number of hydrogen-bond acceptors (Lipinski definition) is 5. The molecule has 2 aromatic rings. The molecule has 0 fully saturated rings. The number of nitrogens with zero attached hydrogens (tertiary/aromatic N) is 2. The first-order chi connectivity index (χ1) is 12.6. The Morgan fingerprint density at radius 2 is 1.73 bits per heavy atom. The number of fused-ring (bicyclic) bond motifs is 1. The van der Waals surface area contributed by atoms with Gasteiger partial charge in [0, 0.05) is 17.8 Å². The predicted molar refractivity (Wildman–Crippen MR) is 109 cm³/mol. The summed E-state index contributed by atoms with van der Waals surface area (Å²) in [6.07, 6.45) is 10.4. The molecule has 0 atom stereocenters. The minimum Gasteiger partial charge on any atom is -0.481 e. The van der Waals surface area contributed by atoms with E-state index in [0.29, 0.717) is 6.42 Å². The van der Waals surface area contributed by atoms with Crippen LogP contribution in [0.1, 0.15) is 75.4 Å². The molecular formula is C20H31N3O2S. The van der Waals surface area contributed by atoms with Gasteiger partial charge in [0.25, 0.3) is 0 Å². The van der Waals surface area contributed by atoms with Crippen molar-refractivity contribution in [3.8, 4) is 0 Å². The van der Waals surface area contributed by atoms with Gasteiger partial charge >= 0.3 is 5.97 Å². The summed E-state index contributed by atoms with van der Waals surface area (Å²) in [4.78, 5) is 22.0. The van der Waals surface area contributed by atoms with E-state index >= 15 is 0 Å². The number of anilines is 1. The van der Waals surface area contributed by atoms with Gasteiger partial charge in [-0.25, -0.2) is 9.97 Å². The lowest BCUT2D eigenvalue weighted by Gasteiger charge is -2.07. The molecule has 144 valence electrons. The molecule has 0 aromatic carbocycles. The largest absolute Gasteiger partial charge is 0.481 e. The molecule has 2 heterocycles. The summed E-state index contributed by atoms with van der Waals surface area (Å²) in [5, 5.41) is 13.2. The zero-order valence-electron chi connectivity index (χ0n) is 16.0. The summed E-state index contributed by atoms with van der Waals surface area (Å²) in [5.41, 5.74) is 0. The molecule has 0 aliphatic rings. The fourth-order valence-corrected chi connectivity index (χ4v) is 4.07. The molecule has 5 nitrogen and oxygen atoms in total. The van der Waals surface area contributed by atoms with E-state index in [-0.39, 0.29) is 0 Å². The van der Waals surface area contributed by atoms with Crippen molar-refractivity contribution in [3.05, 3.63) is 16.8 Å². The first kappa shape index (κ1) is 20.6. The summed E-state index contributed by atoms with van der Waals surface area (Å²) in [7, 11) is 0. The van der Waals surface area contributed by atoms with Crippen molar-refractivity contribution < 1.29 is 9.90 Å². The summed E-state index contributed by atoms with van der Waals surface area (Å²) < 4.78 is 0. The third-order valence-corrected chi connectivity index (χ3v) is 5.69. The molecule has 0 aliphatic heterocycles. The first-order valence-electron chi connectivity index (χ1n) is 9.83. The molecule has 2 rings (SSSR count). The molecule has 0 unspecified atom stereocenters. The molecule has 6 heteroatoms. The van der Waals surface area contributed by atoms with Crippen molar-refractivity contribution in [1.29, 1.82) is 0 Å². The fraction of sp³-hybridized carbons (Fsp3) is 0.650. The van der Waals surface area contributed by atoms with Gasteiger partial charge < -0.3 is 10.4 Å². The van der Waals surface area contributed by atoms with Gasteiger partial charge in [0.2, 0.25) is 0 Å². The summed E-state index contributed by atoms with van der Waals surface area (Å²) in [6.45, 7) is 5.07. The maximum absolute atomic E-state index is 10.4. The zero-order chi connectivity index (χ0) is 18.8. The third kappa shape index (κ3) is 6.90. The Labute approximate surface area is 160 Å². The van der Waals surface area contributed by atoms with Crippen molar-refractivity contribution in [3.63, 3.8) is 0 Å². The predicted octanol–water partition coefficient (Wildman–Crippen LogP) is 5.57. The van der Waals surface area contributed by atoms with Gasteiger partial charge in [0.1, 0.15) is 16.5 Å². The second-order valence-electron chi connectivity index (χ2n) is 6.80. The van der Waals surface area contributed by atoms with Gasteiger partial charge in [0.05, 0.1) is 5.39 Å². The van der Waals surface area contributed by atoms with E-state index in [4.69, 9.17) is 5.11 Å². The van der Waals surface area contributed by atoms with Crippen LogP contribution in [0.5, 0.6) is 0 Å². The van der Waals surface area contributed by atoms with Gasteiger partial charge in [-0.15, -0.1) is 11.3 Å². The molecule has 0 aliphatic carbocycles. The number of carboxylic acids is 1. The Kier molecular flexibility index (Phi) is 8.81. The Morgan fingerprint density at radius 1 is 1.08 bits per heavy atom. The van der Waals surface area contributed by atoms with Crippen molar-refractivity contribution in [2.24, 2.45) is 0 Å². The second kappa shape index (κ2) is 11.1. The van der Waals surface area contributed by atoms with Crippen molar-refractivity contribution in [2.75, 3.05) is 11.9 Å². The molecular weight excluding hydrogens is 346 g/mol. The molecule has 0 spiro atoms. The van der Waals surface area contributed by atoms with Crippen LogP contribution in [0.2, 0.25) is 0 Å². The topological polar surface area (TPSA) is 75.1 Å². The van der Waals surface area contributed by atoms with Crippen LogP contribution in [0.25, 0.3) is 10.2 Å². The van der Waals surface area contributed by atoms with Gasteiger partial charge in [-0.2, -0.15) is 0 Å². The number of nitrogens with one attached hydrogen (secondary N) is 1. The van der Waals surface area contributed by atoms with Crippen LogP contribution in [0.3, 0.4) is 0 Å². The van der Waals surface area contributed by atoms with Gasteiger partial charge in [0.15, 0.2) is 0 Å². The highest BCUT2D eigenvalue weighted by atomic mass is 32.1. The number of aliphatic carboxylic acids is 1. The number of rotatable bonds is 13. The van der Waals surface area contributed by atoms with Crippen LogP contribution in [0.15, 0.2) is 6.07 Å². The van der Waals surface area contributed by atoms with E-state index in [0.717, 1.165) is 60.5 Å². The van der Waals surface area contributed by atoms with E-state index in [1.54, 1.807) is 11.3 Å². The summed E-state index contributed by atoms with van der Waals surface area (Å²) in [5.74, 6) is 1.12. The number of hydrogen-bond donors (Lipinski definition) is 2. The minimum absolute atomic E-state index is 0.311. The minimum atomic E-state index is -0.679. The smallest absolute Gasteiger partial charge is 0.303 e. The quantitative estimate of drug-likeness (QED) is 0.446. The van der Waals surface area contributed by atoms with E-state index in [9.17, 15) is 4.79 Å². The number of carboxylic acid groups (broad SMARTS) is 1. The number of unbranched alkanes of at least 4 members (excludes halogenated alkanes) is 7. The molecule has 2 N–H and O–H groups in total. The number of carbonyl (C=O) groups is 1. The lowest BCUT2D eigenvalue weighted by atomic mass is 10.1. The average molecular weight is 378 g/mol. The third-order valence-electron chi connectivity index (χ3n) is 4.51. The fourth-order valence-electron chi connectivity index (χ4n) is 3.06. The Balaban J connectivity index is 1.61. The highest BCUT2D eigenvalue weighted by Crippen LogP contribution is 2.29. The lowest BCUT2D eigenvalue weighted by Crippen LogP contribution is -2.05. The number of thiophene rings is 1. The molecule has 0 amide bonds. The zero-order valence-corrected chi connectivity index (χ0v) is 16.8. The summed E-state index contributed by atoms with van der Waals surface area (Å²) in [6, 6.07) is 2.21. The molecule has 26 heavy (non-hydrogen) atoms. The van der Waals surface area contributed by atoms with Crippen LogP contribution in [0, 0.1) is 6.92 Å². The van der Waals surface area contributed by atoms with E-state index in [1.165, 1.54) is 30.6 Å². The summed E-state index contributed by atoms with van der Waals surface area (Å²) >= 11 is 1.76. The van der Waals surface area contributed by atoms with E-state index in [1.807, 2.05) is 6.92 Å². The van der Waals surface area contributed by atoms with Gasteiger partial charge in [-0.3, -0.25) is 4.79 Å². The molecule has 0 bridgehead atoms. The van der Waals surface area contributed by atoms with E-state index < -0.39 is 5.97 Å². The van der Waals surface area contributed by atoms with Crippen LogP contribution >= 0.6 is 11.3 Å². The normalized spacial score (nSPS) is 11.2.